The Kier molecular flexibility index (Phi) is 5.10. The molecule has 4 rings (SSSR count). The minimum absolute atomic E-state index is 0.224. The molecule has 8 heteroatoms. The fourth-order valence-corrected chi connectivity index (χ4v) is 4.95. The van der Waals surface area contributed by atoms with Crippen LogP contribution < -0.4 is 10.9 Å². The number of aromatic hydroxyl groups is 1. The summed E-state index contributed by atoms with van der Waals surface area (Å²) < 4.78 is 5.18. The van der Waals surface area contributed by atoms with E-state index < -0.39 is 17.4 Å². The van der Waals surface area contributed by atoms with Gasteiger partial charge in [0.05, 0.1) is 17.7 Å². The van der Waals surface area contributed by atoms with E-state index in [-0.39, 0.29) is 17.9 Å². The number of amides is 1. The van der Waals surface area contributed by atoms with Gasteiger partial charge in [0, 0.05) is 10.3 Å². The number of hydrogen-bond acceptors (Lipinski definition) is 6. The minimum atomic E-state index is -0.765. The number of carbonyl (C=O) groups excluding carboxylic acids is 2. The van der Waals surface area contributed by atoms with E-state index in [1.54, 1.807) is 31.2 Å². The number of thiophene rings is 1. The molecule has 0 radical (unpaired) electrons. The average Bonchev–Trinajstić information content (AvgIpc) is 3.06. The van der Waals surface area contributed by atoms with Gasteiger partial charge >= 0.3 is 5.97 Å². The first-order valence-corrected chi connectivity index (χ1v) is 10.3. The van der Waals surface area contributed by atoms with Gasteiger partial charge in [-0.3, -0.25) is 9.59 Å². The van der Waals surface area contributed by atoms with Crippen LogP contribution >= 0.6 is 11.3 Å². The maximum absolute atomic E-state index is 12.9. The van der Waals surface area contributed by atoms with Crippen molar-refractivity contribution in [1.29, 1.82) is 0 Å². The van der Waals surface area contributed by atoms with Gasteiger partial charge in [-0.1, -0.05) is 12.1 Å². The lowest BCUT2D eigenvalue weighted by Gasteiger charge is -2.12. The summed E-state index contributed by atoms with van der Waals surface area (Å²) in [5.74, 6) is -1.64. The number of rotatable bonds is 4. The highest BCUT2D eigenvalue weighted by molar-refractivity contribution is 7.17. The third-order valence-corrected chi connectivity index (χ3v) is 6.21. The SMILES string of the molecule is CCOC(=O)c1c(NC(=O)c2c(O)c3ccccc3[nH]c2=O)sc2c1CCCC2. The number of hydrogen-bond donors (Lipinski definition) is 3. The molecular weight excluding hydrogens is 392 g/mol. The van der Waals surface area contributed by atoms with Crippen LogP contribution in [0.1, 0.15) is 50.9 Å². The molecular formula is C21H20N2O5S. The molecule has 1 aliphatic carbocycles. The molecule has 0 bridgehead atoms. The summed E-state index contributed by atoms with van der Waals surface area (Å²) in [5.41, 5.74) is 0.621. The zero-order valence-electron chi connectivity index (χ0n) is 15.8. The molecule has 150 valence electrons. The van der Waals surface area contributed by atoms with Crippen molar-refractivity contribution in [3.8, 4) is 5.75 Å². The summed E-state index contributed by atoms with van der Waals surface area (Å²) in [7, 11) is 0. The molecule has 29 heavy (non-hydrogen) atoms. The van der Waals surface area contributed by atoms with Gasteiger partial charge in [-0.25, -0.2) is 4.79 Å². The van der Waals surface area contributed by atoms with Crippen LogP contribution in [-0.4, -0.2) is 28.6 Å². The van der Waals surface area contributed by atoms with Crippen molar-refractivity contribution in [1.82, 2.24) is 4.98 Å². The van der Waals surface area contributed by atoms with Gasteiger partial charge in [-0.2, -0.15) is 0 Å². The molecule has 0 saturated heterocycles. The van der Waals surface area contributed by atoms with Crippen molar-refractivity contribution < 1.29 is 19.4 Å². The molecule has 0 aliphatic heterocycles. The van der Waals surface area contributed by atoms with Crippen molar-refractivity contribution in [3.05, 3.63) is 56.2 Å². The van der Waals surface area contributed by atoms with Gasteiger partial charge in [-0.15, -0.1) is 11.3 Å². The van der Waals surface area contributed by atoms with Crippen molar-refractivity contribution in [3.63, 3.8) is 0 Å². The van der Waals surface area contributed by atoms with Crippen molar-refractivity contribution >= 4 is 39.1 Å². The lowest BCUT2D eigenvalue weighted by Crippen LogP contribution is -2.24. The summed E-state index contributed by atoms with van der Waals surface area (Å²) in [6.45, 7) is 1.95. The van der Waals surface area contributed by atoms with Gasteiger partial charge < -0.3 is 20.1 Å². The average molecular weight is 412 g/mol. The van der Waals surface area contributed by atoms with Crippen LogP contribution in [0.25, 0.3) is 10.9 Å². The number of ether oxygens (including phenoxy) is 1. The molecule has 0 fully saturated rings. The zero-order chi connectivity index (χ0) is 20.5. The fraction of sp³-hybridized carbons (Fsp3) is 0.286. The van der Waals surface area contributed by atoms with Gasteiger partial charge in [-0.05, 0) is 50.3 Å². The summed E-state index contributed by atoms with van der Waals surface area (Å²) in [6, 6.07) is 6.68. The minimum Gasteiger partial charge on any atom is -0.506 e. The van der Waals surface area contributed by atoms with E-state index in [0.717, 1.165) is 36.1 Å². The summed E-state index contributed by atoms with van der Waals surface area (Å²) in [5, 5.41) is 13.9. The third kappa shape index (κ3) is 3.40. The normalized spacial score (nSPS) is 13.1. The predicted octanol–water partition coefficient (Wildman–Crippen LogP) is 3.60. The van der Waals surface area contributed by atoms with E-state index in [2.05, 4.69) is 10.3 Å². The predicted molar refractivity (Wildman–Crippen MR) is 111 cm³/mol. The van der Waals surface area contributed by atoms with Gasteiger partial charge in [0.15, 0.2) is 0 Å². The van der Waals surface area contributed by atoms with Crippen LogP contribution in [-0.2, 0) is 17.6 Å². The monoisotopic (exact) mass is 412 g/mol. The van der Waals surface area contributed by atoms with E-state index >= 15 is 0 Å². The van der Waals surface area contributed by atoms with Gasteiger partial charge in [0.1, 0.15) is 16.3 Å². The molecule has 0 spiro atoms. The van der Waals surface area contributed by atoms with Crippen LogP contribution in [0.5, 0.6) is 5.75 Å². The molecule has 1 aliphatic rings. The fourth-order valence-electron chi connectivity index (χ4n) is 3.68. The number of aromatic nitrogens is 1. The van der Waals surface area contributed by atoms with Crippen LogP contribution in [0.4, 0.5) is 5.00 Å². The number of nitrogens with one attached hydrogen (secondary N) is 2. The Bertz CT molecular complexity index is 1180. The Morgan fingerprint density at radius 1 is 1.21 bits per heavy atom. The number of carbonyl (C=O) groups is 2. The van der Waals surface area contributed by atoms with Crippen molar-refractivity contribution in [2.24, 2.45) is 0 Å². The Morgan fingerprint density at radius 3 is 2.76 bits per heavy atom. The molecule has 0 saturated carbocycles. The van der Waals surface area contributed by atoms with E-state index in [4.69, 9.17) is 4.74 Å². The number of H-pyrrole nitrogens is 1. The highest BCUT2D eigenvalue weighted by Gasteiger charge is 2.28. The Labute approximate surface area is 170 Å². The standard InChI is InChI=1S/C21H20N2O5S/c1-2-28-21(27)15-12-8-4-6-10-14(12)29-20(15)23-19(26)16-17(24)11-7-3-5-9-13(11)22-18(16)25/h3,5,7,9H,2,4,6,8,10H2,1H3,(H,23,26)(H2,22,24,25). The first-order valence-electron chi connectivity index (χ1n) is 9.48. The van der Waals surface area contributed by atoms with Crippen LogP contribution in [0.15, 0.2) is 29.1 Å². The largest absolute Gasteiger partial charge is 0.506 e. The summed E-state index contributed by atoms with van der Waals surface area (Å²) in [6.07, 6.45) is 3.57. The molecule has 2 heterocycles. The van der Waals surface area contributed by atoms with Crippen LogP contribution in [0.3, 0.4) is 0 Å². The number of aryl methyl sites for hydroxylation is 1. The molecule has 0 unspecified atom stereocenters. The van der Waals surface area contributed by atoms with E-state index in [1.807, 2.05) is 0 Å². The van der Waals surface area contributed by atoms with E-state index in [9.17, 15) is 19.5 Å². The number of esters is 1. The molecule has 7 nitrogen and oxygen atoms in total. The number of para-hydroxylation sites is 1. The second-order valence-corrected chi connectivity index (χ2v) is 7.92. The topological polar surface area (TPSA) is 108 Å². The molecule has 1 aromatic carbocycles. The smallest absolute Gasteiger partial charge is 0.341 e. The second kappa shape index (κ2) is 7.71. The van der Waals surface area contributed by atoms with Crippen molar-refractivity contribution in [2.75, 3.05) is 11.9 Å². The van der Waals surface area contributed by atoms with E-state index in [0.29, 0.717) is 21.5 Å². The third-order valence-electron chi connectivity index (χ3n) is 5.00. The number of aromatic amines is 1. The van der Waals surface area contributed by atoms with E-state index in [1.165, 1.54) is 11.3 Å². The molecule has 0 atom stereocenters. The van der Waals surface area contributed by atoms with Crippen molar-refractivity contribution in [2.45, 2.75) is 32.6 Å². The number of anilines is 1. The first kappa shape index (κ1) is 19.2. The Balaban J connectivity index is 1.76. The Morgan fingerprint density at radius 2 is 1.97 bits per heavy atom. The second-order valence-electron chi connectivity index (χ2n) is 6.81. The lowest BCUT2D eigenvalue weighted by molar-refractivity contribution is 0.0526. The molecule has 2 aromatic heterocycles. The van der Waals surface area contributed by atoms with Gasteiger partial charge in [0.25, 0.3) is 11.5 Å². The highest BCUT2D eigenvalue weighted by Crippen LogP contribution is 2.39. The lowest BCUT2D eigenvalue weighted by atomic mass is 9.95. The maximum Gasteiger partial charge on any atom is 0.341 e. The summed E-state index contributed by atoms with van der Waals surface area (Å²) in [4.78, 5) is 41.5. The van der Waals surface area contributed by atoms with Gasteiger partial charge in [0.2, 0.25) is 0 Å². The number of fused-ring (bicyclic) bond motifs is 2. The Hall–Kier alpha value is -3.13. The number of benzene rings is 1. The molecule has 3 aromatic rings. The summed E-state index contributed by atoms with van der Waals surface area (Å²) >= 11 is 1.33. The molecule has 3 N–H and O–H groups in total. The molecule has 1 amide bonds. The first-order chi connectivity index (χ1) is 14.0. The maximum atomic E-state index is 12.9. The quantitative estimate of drug-likeness (QED) is 0.568. The van der Waals surface area contributed by atoms with Crippen LogP contribution in [0.2, 0.25) is 0 Å². The highest BCUT2D eigenvalue weighted by atomic mass is 32.1. The number of pyridine rings is 1. The van der Waals surface area contributed by atoms with Crippen LogP contribution in [0, 0.1) is 0 Å². The zero-order valence-corrected chi connectivity index (χ0v) is 16.6.